The normalized spacial score (nSPS) is 14.3. The third-order valence-electron chi connectivity index (χ3n) is 2.95. The van der Waals surface area contributed by atoms with E-state index in [9.17, 15) is 21.9 Å². The lowest BCUT2D eigenvalue weighted by molar-refractivity contribution is 0.431. The van der Waals surface area contributed by atoms with E-state index in [4.69, 9.17) is 21.0 Å². The van der Waals surface area contributed by atoms with Crippen LogP contribution in [0.1, 0.15) is 0 Å². The standard InChI is InChI=1S/C17H14N4O5S2/c1-3-5-27(23,24)16(11-20)13(9-18)7-15(22)8-14(10-19)17(12-21)28(25,26)6-4-2/h3-4,7-8,16,22H,1-2,5-6H2/b13-7+,15-8-,17-14+. The Kier molecular flexibility index (Phi) is 9.13. The average molecular weight is 418 g/mol. The third kappa shape index (κ3) is 6.26. The van der Waals surface area contributed by atoms with E-state index in [0.29, 0.717) is 12.2 Å². The molecule has 11 heteroatoms. The van der Waals surface area contributed by atoms with Crippen LogP contribution in [0, 0.1) is 45.3 Å². The second-order valence-electron chi connectivity index (χ2n) is 4.94. The van der Waals surface area contributed by atoms with E-state index in [1.165, 1.54) is 24.3 Å². The lowest BCUT2D eigenvalue weighted by Gasteiger charge is -2.07. The topological polar surface area (TPSA) is 184 Å². The molecule has 0 bridgehead atoms. The van der Waals surface area contributed by atoms with Crippen LogP contribution in [-0.2, 0) is 19.7 Å². The highest BCUT2D eigenvalue weighted by Gasteiger charge is 2.28. The lowest BCUT2D eigenvalue weighted by Crippen LogP contribution is -2.23. The first-order chi connectivity index (χ1) is 13.0. The highest BCUT2D eigenvalue weighted by Crippen LogP contribution is 2.18. The van der Waals surface area contributed by atoms with Gasteiger partial charge in [-0.2, -0.15) is 21.0 Å². The van der Waals surface area contributed by atoms with Crippen molar-refractivity contribution in [2.24, 2.45) is 0 Å². The Hall–Kier alpha value is -3.64. The monoisotopic (exact) mass is 418 g/mol. The minimum atomic E-state index is -4.19. The summed E-state index contributed by atoms with van der Waals surface area (Å²) in [4.78, 5) is -0.940. The number of hydrogen-bond donors (Lipinski definition) is 1. The van der Waals surface area contributed by atoms with Gasteiger partial charge in [0.15, 0.2) is 29.8 Å². The second-order valence-corrected chi connectivity index (χ2v) is 9.05. The molecule has 1 unspecified atom stereocenters. The number of sulfone groups is 2. The van der Waals surface area contributed by atoms with Crippen LogP contribution in [0.2, 0.25) is 0 Å². The molecule has 0 aliphatic heterocycles. The maximum Gasteiger partial charge on any atom is 0.193 e. The summed E-state index contributed by atoms with van der Waals surface area (Å²) in [6.07, 6.45) is 3.19. The zero-order valence-electron chi connectivity index (χ0n) is 14.4. The largest absolute Gasteiger partial charge is 0.508 e. The molecule has 28 heavy (non-hydrogen) atoms. The number of nitrogens with zero attached hydrogens (tertiary/aromatic N) is 4. The van der Waals surface area contributed by atoms with Crippen molar-refractivity contribution in [2.75, 3.05) is 11.5 Å². The minimum absolute atomic E-state index is 0.574. The molecule has 0 aromatic carbocycles. The molecule has 0 saturated heterocycles. The molecule has 0 aliphatic carbocycles. The lowest BCUT2D eigenvalue weighted by atomic mass is 10.1. The zero-order chi connectivity index (χ0) is 22.0. The summed E-state index contributed by atoms with van der Waals surface area (Å²) < 4.78 is 47.9. The van der Waals surface area contributed by atoms with Crippen molar-refractivity contribution >= 4 is 19.7 Å². The van der Waals surface area contributed by atoms with Gasteiger partial charge in [-0.1, -0.05) is 12.2 Å². The highest BCUT2D eigenvalue weighted by molar-refractivity contribution is 7.95. The molecule has 0 amide bonds. The van der Waals surface area contributed by atoms with Crippen LogP contribution >= 0.6 is 0 Å². The molecule has 0 radical (unpaired) electrons. The summed E-state index contributed by atoms with van der Waals surface area (Å²) in [6.45, 7) is 6.46. The minimum Gasteiger partial charge on any atom is -0.508 e. The van der Waals surface area contributed by atoms with Crippen LogP contribution in [0.25, 0.3) is 0 Å². The fourth-order valence-electron chi connectivity index (χ4n) is 1.80. The Morgan fingerprint density at radius 2 is 1.50 bits per heavy atom. The maximum absolute atomic E-state index is 12.0. The van der Waals surface area contributed by atoms with Crippen LogP contribution in [0.5, 0.6) is 0 Å². The molecule has 9 nitrogen and oxygen atoms in total. The first-order valence-electron chi connectivity index (χ1n) is 7.17. The van der Waals surface area contributed by atoms with Gasteiger partial charge < -0.3 is 5.11 Å². The van der Waals surface area contributed by atoms with Crippen LogP contribution in [0.15, 0.2) is 59.3 Å². The van der Waals surface area contributed by atoms with Crippen molar-refractivity contribution in [2.45, 2.75) is 5.25 Å². The molecule has 1 N–H and O–H groups in total. The quantitative estimate of drug-likeness (QED) is 0.249. The molecular formula is C17H14N4O5S2. The molecular weight excluding hydrogens is 404 g/mol. The summed E-state index contributed by atoms with van der Waals surface area (Å²) in [5, 5.41) is 44.4. The molecule has 0 fully saturated rings. The third-order valence-corrected chi connectivity index (χ3v) is 6.33. The van der Waals surface area contributed by atoms with Crippen molar-refractivity contribution in [1.82, 2.24) is 0 Å². The van der Waals surface area contributed by atoms with Gasteiger partial charge in [0.1, 0.15) is 17.9 Å². The summed E-state index contributed by atoms with van der Waals surface area (Å²) in [5.41, 5.74) is -1.40. The van der Waals surface area contributed by atoms with Gasteiger partial charge in [0, 0.05) is 0 Å². The van der Waals surface area contributed by atoms with E-state index < -0.39 is 58.2 Å². The van der Waals surface area contributed by atoms with Gasteiger partial charge >= 0.3 is 0 Å². The smallest absolute Gasteiger partial charge is 0.193 e. The van der Waals surface area contributed by atoms with Gasteiger partial charge in [-0.05, 0) is 12.2 Å². The van der Waals surface area contributed by atoms with Gasteiger partial charge in [-0.15, -0.1) is 13.2 Å². The summed E-state index contributed by atoms with van der Waals surface area (Å²) in [5.74, 6) is -2.13. The Bertz CT molecular complexity index is 1130. The number of allylic oxidation sites excluding steroid dienone is 4. The Labute approximate surface area is 163 Å². The van der Waals surface area contributed by atoms with Crippen molar-refractivity contribution in [3.8, 4) is 24.3 Å². The highest BCUT2D eigenvalue weighted by atomic mass is 32.2. The second kappa shape index (κ2) is 10.5. The molecule has 1 atom stereocenters. The fourth-order valence-corrected chi connectivity index (χ4v) is 4.05. The van der Waals surface area contributed by atoms with E-state index in [2.05, 4.69) is 13.2 Å². The molecule has 0 heterocycles. The summed E-state index contributed by atoms with van der Waals surface area (Å²) in [6, 6.07) is 5.67. The zero-order valence-corrected chi connectivity index (χ0v) is 16.0. The van der Waals surface area contributed by atoms with Gasteiger partial charge in [0.25, 0.3) is 0 Å². The molecule has 0 saturated carbocycles. The fraction of sp³-hybridized carbons (Fsp3) is 0.176. The first-order valence-corrected chi connectivity index (χ1v) is 10.5. The van der Waals surface area contributed by atoms with E-state index in [1.54, 1.807) is 0 Å². The van der Waals surface area contributed by atoms with Crippen LogP contribution in [-0.4, -0.2) is 38.7 Å². The molecule has 144 valence electrons. The van der Waals surface area contributed by atoms with Crippen molar-refractivity contribution in [3.05, 3.63) is 59.3 Å². The van der Waals surface area contributed by atoms with E-state index >= 15 is 0 Å². The van der Waals surface area contributed by atoms with Gasteiger partial charge in [0.05, 0.1) is 34.8 Å². The Morgan fingerprint density at radius 1 is 0.929 bits per heavy atom. The number of aliphatic hydroxyl groups is 1. The van der Waals surface area contributed by atoms with Crippen LogP contribution < -0.4 is 0 Å². The van der Waals surface area contributed by atoms with Crippen LogP contribution in [0.3, 0.4) is 0 Å². The van der Waals surface area contributed by atoms with Crippen molar-refractivity contribution in [1.29, 1.82) is 21.0 Å². The van der Waals surface area contributed by atoms with E-state index in [-0.39, 0.29) is 0 Å². The number of aliphatic hydroxyl groups excluding tert-OH is 1. The molecule has 0 spiro atoms. The van der Waals surface area contributed by atoms with Crippen molar-refractivity contribution < 1.29 is 21.9 Å². The van der Waals surface area contributed by atoms with E-state index in [1.807, 2.05) is 0 Å². The number of rotatable bonds is 9. The van der Waals surface area contributed by atoms with Crippen LogP contribution in [0.4, 0.5) is 0 Å². The van der Waals surface area contributed by atoms with Gasteiger partial charge in [-0.25, -0.2) is 16.8 Å². The van der Waals surface area contributed by atoms with Crippen molar-refractivity contribution in [3.63, 3.8) is 0 Å². The first kappa shape index (κ1) is 24.4. The van der Waals surface area contributed by atoms with Gasteiger partial charge in [0.2, 0.25) is 0 Å². The predicted octanol–water partition coefficient (Wildman–Crippen LogP) is 1.27. The predicted molar refractivity (Wildman–Crippen MR) is 100 cm³/mol. The van der Waals surface area contributed by atoms with Gasteiger partial charge in [-0.3, -0.25) is 0 Å². The Morgan fingerprint density at radius 3 is 1.89 bits per heavy atom. The molecule has 0 aromatic heterocycles. The molecule has 0 aromatic rings. The molecule has 0 rings (SSSR count). The number of hydrogen-bond acceptors (Lipinski definition) is 9. The Balaban J connectivity index is 6.50. The average Bonchev–Trinajstić information content (AvgIpc) is 2.60. The SMILES string of the molecule is C=CCS(=O)(=O)\C(C#N)=C(C#N)/C=C(O)/C=C(\C#N)C(C#N)S(=O)(=O)CC=C. The maximum atomic E-state index is 12.0. The van der Waals surface area contributed by atoms with E-state index in [0.717, 1.165) is 12.2 Å². The number of nitriles is 4. The molecule has 0 aliphatic rings. The summed E-state index contributed by atoms with van der Waals surface area (Å²) >= 11 is 0. The summed E-state index contributed by atoms with van der Waals surface area (Å²) in [7, 11) is -8.30.